The van der Waals surface area contributed by atoms with Crippen molar-refractivity contribution in [3.05, 3.63) is 41.3 Å². The van der Waals surface area contributed by atoms with E-state index in [9.17, 15) is 0 Å². The molecule has 0 atom stereocenters. The third-order valence-electron chi connectivity index (χ3n) is 5.32. The molecule has 0 radical (unpaired) electrons. The van der Waals surface area contributed by atoms with Gasteiger partial charge in [0.05, 0.1) is 5.69 Å². The fourth-order valence-corrected chi connectivity index (χ4v) is 3.64. The van der Waals surface area contributed by atoms with Gasteiger partial charge in [0.1, 0.15) is 0 Å². The van der Waals surface area contributed by atoms with Gasteiger partial charge >= 0.3 is 0 Å². The number of guanidine groups is 1. The van der Waals surface area contributed by atoms with Crippen molar-refractivity contribution < 1.29 is 0 Å². The minimum atomic E-state index is 0.479. The van der Waals surface area contributed by atoms with Crippen LogP contribution in [-0.4, -0.2) is 57.8 Å². The van der Waals surface area contributed by atoms with Gasteiger partial charge < -0.3 is 15.5 Å². The Kier molecular flexibility index (Phi) is 6.67. The van der Waals surface area contributed by atoms with E-state index in [1.807, 2.05) is 37.8 Å². The molecule has 1 aliphatic rings. The quantitative estimate of drug-likeness (QED) is 0.613. The molecule has 0 aliphatic carbocycles. The molecule has 0 spiro atoms. The first-order chi connectivity index (χ1) is 13.5. The molecule has 152 valence electrons. The largest absolute Gasteiger partial charge is 0.354 e. The van der Waals surface area contributed by atoms with Crippen LogP contribution >= 0.6 is 0 Å². The predicted octanol–water partition coefficient (Wildman–Crippen LogP) is 2.42. The van der Waals surface area contributed by atoms with Crippen molar-refractivity contribution in [2.24, 2.45) is 4.99 Å². The Labute approximate surface area is 168 Å². The van der Waals surface area contributed by atoms with E-state index >= 15 is 0 Å². The van der Waals surface area contributed by atoms with Crippen LogP contribution in [-0.2, 0) is 6.54 Å². The zero-order valence-electron chi connectivity index (χ0n) is 17.7. The average Bonchev–Trinajstić information content (AvgIpc) is 3.04. The summed E-state index contributed by atoms with van der Waals surface area (Å²) in [5.74, 6) is 1.69. The van der Waals surface area contributed by atoms with Gasteiger partial charge in [-0.3, -0.25) is 4.99 Å². The Morgan fingerprint density at radius 2 is 2.00 bits per heavy atom. The molecule has 3 rings (SSSR count). The number of nitrogens with zero attached hydrogens (tertiary/aromatic N) is 5. The molecule has 7 heteroatoms. The molecular weight excluding hydrogens is 350 g/mol. The van der Waals surface area contributed by atoms with Crippen LogP contribution in [0.25, 0.3) is 5.82 Å². The summed E-state index contributed by atoms with van der Waals surface area (Å²) in [5, 5.41) is 11.4. The predicted molar refractivity (Wildman–Crippen MR) is 114 cm³/mol. The van der Waals surface area contributed by atoms with E-state index in [1.165, 1.54) is 0 Å². The molecule has 2 aromatic rings. The molecule has 3 heterocycles. The monoisotopic (exact) mass is 383 g/mol. The summed E-state index contributed by atoms with van der Waals surface area (Å²) in [6.07, 6.45) is 4.20. The Hall–Kier alpha value is -2.41. The molecule has 1 fully saturated rings. The van der Waals surface area contributed by atoms with Gasteiger partial charge in [0.15, 0.2) is 11.8 Å². The second-order valence-corrected chi connectivity index (χ2v) is 7.84. The SMILES string of the molecule is CN=C(NCc1ccc(-n2nc(C)cc2C)nc1)NC1CCN(C(C)C)CC1. The lowest BCUT2D eigenvalue weighted by Gasteiger charge is -2.35. The lowest BCUT2D eigenvalue weighted by molar-refractivity contribution is 0.167. The van der Waals surface area contributed by atoms with E-state index in [0.717, 1.165) is 54.7 Å². The summed E-state index contributed by atoms with van der Waals surface area (Å²) in [6, 6.07) is 7.25. The van der Waals surface area contributed by atoms with Gasteiger partial charge in [-0.15, -0.1) is 0 Å². The number of aromatic nitrogens is 3. The Bertz CT molecular complexity index is 784. The zero-order chi connectivity index (χ0) is 20.1. The minimum absolute atomic E-state index is 0.479. The van der Waals surface area contributed by atoms with Crippen LogP contribution in [0.3, 0.4) is 0 Å². The summed E-state index contributed by atoms with van der Waals surface area (Å²) >= 11 is 0. The zero-order valence-corrected chi connectivity index (χ0v) is 17.7. The van der Waals surface area contributed by atoms with E-state index in [4.69, 9.17) is 0 Å². The Balaban J connectivity index is 1.51. The maximum atomic E-state index is 4.56. The first-order valence-electron chi connectivity index (χ1n) is 10.2. The van der Waals surface area contributed by atoms with E-state index in [0.29, 0.717) is 18.6 Å². The molecule has 0 unspecified atom stereocenters. The number of nitrogens with one attached hydrogen (secondary N) is 2. The molecule has 0 amide bonds. The Morgan fingerprint density at radius 1 is 1.25 bits per heavy atom. The molecule has 0 aromatic carbocycles. The number of hydrogen-bond acceptors (Lipinski definition) is 4. The smallest absolute Gasteiger partial charge is 0.191 e. The lowest BCUT2D eigenvalue weighted by atomic mass is 10.0. The third-order valence-corrected chi connectivity index (χ3v) is 5.32. The summed E-state index contributed by atoms with van der Waals surface area (Å²) in [6.45, 7) is 11.5. The molecule has 0 saturated carbocycles. The highest BCUT2D eigenvalue weighted by molar-refractivity contribution is 5.79. The summed E-state index contributed by atoms with van der Waals surface area (Å²) in [4.78, 5) is 11.5. The molecular formula is C21H33N7. The normalized spacial score (nSPS) is 16.6. The highest BCUT2D eigenvalue weighted by Gasteiger charge is 2.21. The van der Waals surface area contributed by atoms with Crippen LogP contribution in [0.4, 0.5) is 0 Å². The molecule has 2 aromatic heterocycles. The number of rotatable bonds is 5. The number of aliphatic imine (C=N–C) groups is 1. The molecule has 1 saturated heterocycles. The van der Waals surface area contributed by atoms with Crippen molar-refractivity contribution in [3.8, 4) is 5.82 Å². The number of likely N-dealkylation sites (tertiary alicyclic amines) is 1. The summed E-state index contributed by atoms with van der Waals surface area (Å²) in [7, 11) is 1.82. The van der Waals surface area contributed by atoms with Crippen molar-refractivity contribution in [1.29, 1.82) is 0 Å². The standard InChI is InChI=1S/C21H33N7/c1-15(2)27-10-8-19(9-11-27)25-21(22-5)24-14-18-6-7-20(23-13-18)28-17(4)12-16(3)26-28/h6-7,12-13,15,19H,8-11,14H2,1-5H3,(H2,22,24,25). The molecule has 28 heavy (non-hydrogen) atoms. The van der Waals surface area contributed by atoms with Gasteiger partial charge in [-0.2, -0.15) is 5.10 Å². The highest BCUT2D eigenvalue weighted by atomic mass is 15.3. The van der Waals surface area contributed by atoms with Gasteiger partial charge in [0.25, 0.3) is 0 Å². The van der Waals surface area contributed by atoms with E-state index < -0.39 is 0 Å². The van der Waals surface area contributed by atoms with Gasteiger partial charge in [-0.25, -0.2) is 9.67 Å². The third kappa shape index (κ3) is 5.10. The van der Waals surface area contributed by atoms with Crippen molar-refractivity contribution in [1.82, 2.24) is 30.3 Å². The molecule has 0 bridgehead atoms. The van der Waals surface area contributed by atoms with Gasteiger partial charge in [-0.05, 0) is 58.2 Å². The summed E-state index contributed by atoms with van der Waals surface area (Å²) in [5.41, 5.74) is 3.20. The van der Waals surface area contributed by atoms with E-state index in [-0.39, 0.29) is 0 Å². The van der Waals surface area contributed by atoms with Gasteiger partial charge in [-0.1, -0.05) is 6.07 Å². The van der Waals surface area contributed by atoms with Crippen LogP contribution < -0.4 is 10.6 Å². The van der Waals surface area contributed by atoms with Crippen LogP contribution in [0.1, 0.15) is 43.6 Å². The van der Waals surface area contributed by atoms with Crippen molar-refractivity contribution >= 4 is 5.96 Å². The first kappa shape index (κ1) is 20.3. The molecule has 2 N–H and O–H groups in total. The number of pyridine rings is 1. The lowest BCUT2D eigenvalue weighted by Crippen LogP contribution is -2.49. The van der Waals surface area contributed by atoms with Crippen molar-refractivity contribution in [2.75, 3.05) is 20.1 Å². The van der Waals surface area contributed by atoms with Crippen LogP contribution in [0.2, 0.25) is 0 Å². The minimum Gasteiger partial charge on any atom is -0.354 e. The van der Waals surface area contributed by atoms with Gasteiger partial charge in [0, 0.05) is 50.7 Å². The second kappa shape index (κ2) is 9.19. The number of aryl methyl sites for hydroxylation is 2. The van der Waals surface area contributed by atoms with E-state index in [1.54, 1.807) is 0 Å². The fourth-order valence-electron chi connectivity index (χ4n) is 3.64. The fraction of sp³-hybridized carbons (Fsp3) is 0.571. The van der Waals surface area contributed by atoms with E-state index in [2.05, 4.69) is 56.6 Å². The maximum absolute atomic E-state index is 4.56. The Morgan fingerprint density at radius 3 is 2.54 bits per heavy atom. The van der Waals surface area contributed by atoms with Crippen molar-refractivity contribution in [3.63, 3.8) is 0 Å². The van der Waals surface area contributed by atoms with Crippen LogP contribution in [0.15, 0.2) is 29.4 Å². The van der Waals surface area contributed by atoms with Crippen LogP contribution in [0, 0.1) is 13.8 Å². The topological polar surface area (TPSA) is 70.4 Å². The van der Waals surface area contributed by atoms with Crippen molar-refractivity contribution in [2.45, 2.75) is 59.2 Å². The number of piperidine rings is 1. The van der Waals surface area contributed by atoms with Gasteiger partial charge in [0.2, 0.25) is 0 Å². The first-order valence-corrected chi connectivity index (χ1v) is 10.2. The molecule has 7 nitrogen and oxygen atoms in total. The number of hydrogen-bond donors (Lipinski definition) is 2. The molecule has 1 aliphatic heterocycles. The average molecular weight is 384 g/mol. The second-order valence-electron chi connectivity index (χ2n) is 7.84. The summed E-state index contributed by atoms with van der Waals surface area (Å²) < 4.78 is 1.87. The van der Waals surface area contributed by atoms with Crippen LogP contribution in [0.5, 0.6) is 0 Å². The maximum Gasteiger partial charge on any atom is 0.191 e. The highest BCUT2D eigenvalue weighted by Crippen LogP contribution is 2.13.